The highest BCUT2D eigenvalue weighted by Gasteiger charge is 2.44. The summed E-state index contributed by atoms with van der Waals surface area (Å²) in [6.45, 7) is 12.3. The molecule has 1 aliphatic carbocycles. The number of carbonyl (C=O) groups excluding carboxylic acids is 2. The zero-order valence-electron chi connectivity index (χ0n) is 43.8. The van der Waals surface area contributed by atoms with Crippen molar-refractivity contribution in [3.8, 4) is 51.7 Å². The summed E-state index contributed by atoms with van der Waals surface area (Å²) >= 11 is 1.58. The van der Waals surface area contributed by atoms with Crippen LogP contribution in [0.5, 0.6) is 17.6 Å². The number of pyridine rings is 1. The number of phenolic OH excluding ortho intramolecular Hbond substituents is 1. The predicted octanol–water partition coefficient (Wildman–Crippen LogP) is 9.08. The maximum atomic E-state index is 17.1. The lowest BCUT2D eigenvalue weighted by Crippen LogP contribution is -2.48. The van der Waals surface area contributed by atoms with E-state index in [-0.39, 0.29) is 71.5 Å². The first-order valence-electron chi connectivity index (χ1n) is 26.9. The highest BCUT2D eigenvalue weighted by Crippen LogP contribution is 2.42. The number of piperidine rings is 2. The molecule has 11 rings (SSSR count). The molecule has 4 unspecified atom stereocenters. The molecule has 0 radical (unpaired) electrons. The normalized spacial score (nSPS) is 20.7. The smallest absolute Gasteiger partial charge is 0.319 e. The van der Waals surface area contributed by atoms with Crippen molar-refractivity contribution in [2.45, 2.75) is 90.3 Å². The van der Waals surface area contributed by atoms with Gasteiger partial charge in [-0.2, -0.15) is 9.97 Å². The van der Waals surface area contributed by atoms with Gasteiger partial charge in [-0.1, -0.05) is 56.2 Å². The average Bonchev–Trinajstić information content (AvgIpc) is 4.26. The third kappa shape index (κ3) is 10.8. The molecule has 77 heavy (non-hydrogen) atoms. The number of benzene rings is 3. The summed E-state index contributed by atoms with van der Waals surface area (Å²) in [6.07, 6.45) is 12.1. The molecule has 2 amide bonds. The van der Waals surface area contributed by atoms with E-state index in [4.69, 9.17) is 25.4 Å². The Kier molecular flexibility index (Phi) is 14.8. The number of β-amino-alcohol motifs (C(OH)–C–C–N with tert-alkyl or cyclic N) is 1. The fourth-order valence-corrected chi connectivity index (χ4v) is 12.9. The Morgan fingerprint density at radius 2 is 1.75 bits per heavy atom. The first-order chi connectivity index (χ1) is 37.3. The maximum absolute atomic E-state index is 17.1. The minimum absolute atomic E-state index is 0.0309. The average molecular weight is 1060 g/mol. The number of aryl methyl sites for hydroxylation is 1. The van der Waals surface area contributed by atoms with Gasteiger partial charge in [0.1, 0.15) is 41.3 Å². The molecule has 7 heterocycles. The molecule has 16 nitrogen and oxygen atoms in total. The number of aliphatic hydroxyl groups is 1. The van der Waals surface area contributed by atoms with Gasteiger partial charge in [-0.25, -0.2) is 9.37 Å². The van der Waals surface area contributed by atoms with Gasteiger partial charge in [0.05, 0.1) is 40.2 Å². The van der Waals surface area contributed by atoms with Crippen LogP contribution in [-0.4, -0.2) is 122 Å². The number of carbonyl (C=O) groups is 2. The monoisotopic (exact) mass is 1060 g/mol. The van der Waals surface area contributed by atoms with Crippen LogP contribution in [0.1, 0.15) is 93.8 Å². The summed E-state index contributed by atoms with van der Waals surface area (Å²) in [5, 5.41) is 30.5. The van der Waals surface area contributed by atoms with Crippen LogP contribution in [0.25, 0.3) is 43.4 Å². The van der Waals surface area contributed by atoms with Crippen molar-refractivity contribution in [3.63, 3.8) is 0 Å². The molecule has 7 aromatic rings. The number of aromatic hydroxyl groups is 1. The standard InChI is InChI=1S/C59H64FN9O7S/c1-6-39-8-7-9-42-23-43(70)24-45(51(39)42)53-52(60)54-46(27-61-53)56(68-28-37-10-11-38(22-37)29-68)65-59(64-54)74-21-20-67-18-16-36(17-19-67)31-75-49-26-48(76-66-49)50(33(2)3)58(73)69-30-44(71)25-47(69)57(72)63-34(4)40-12-14-41(15-13-40)55-35(5)62-32-77-55/h1,7-9,12-15,23-24,26-27,32-34,36-38,44,47,50,70-71H,10-11,16-22,25,28-31H2,2-5H3,(H,63,72)/t34-,37?,38?,44?,47?,50+/m0/s1. The number of ether oxygens (including phenoxy) is 2. The molecule has 4 aliphatic rings. The van der Waals surface area contributed by atoms with Gasteiger partial charge in [0.15, 0.2) is 11.6 Å². The minimum atomic E-state index is -0.851. The summed E-state index contributed by atoms with van der Waals surface area (Å²) in [4.78, 5) is 53.9. The SMILES string of the molecule is C#Cc1cccc2cc(O)cc(-c3ncc4c(N5CC6CCC(C6)C5)nc(OCCN5CCC(COc6cc([C@H](C(=O)N7CC(O)CC7C(=O)N[C@@H](C)c7ccc(-c8scnc8C)cc7)C(C)C)on6)CC5)nc4c3F)c12. The van der Waals surface area contributed by atoms with Gasteiger partial charge in [-0.3, -0.25) is 19.5 Å². The van der Waals surface area contributed by atoms with Crippen molar-refractivity contribution in [2.24, 2.45) is 23.7 Å². The van der Waals surface area contributed by atoms with Crippen LogP contribution < -0.4 is 19.7 Å². The van der Waals surface area contributed by atoms with Gasteiger partial charge in [0.25, 0.3) is 5.88 Å². The van der Waals surface area contributed by atoms with E-state index >= 15 is 4.39 Å². The molecule has 3 aliphatic heterocycles. The Balaban J connectivity index is 0.701. The lowest BCUT2D eigenvalue weighted by Gasteiger charge is -2.33. The van der Waals surface area contributed by atoms with Crippen molar-refractivity contribution < 1.29 is 38.2 Å². The fraction of sp³-hybridized carbons (Fsp3) is 0.441. The van der Waals surface area contributed by atoms with Crippen molar-refractivity contribution in [1.82, 2.24) is 40.2 Å². The zero-order chi connectivity index (χ0) is 53.5. The molecule has 4 aromatic heterocycles. The molecule has 3 N–H and O–H groups in total. The lowest BCUT2D eigenvalue weighted by molar-refractivity contribution is -0.141. The molecular formula is C59H64FN9O7S. The molecule has 6 atom stereocenters. The van der Waals surface area contributed by atoms with Crippen LogP contribution in [0, 0.1) is 48.8 Å². The Hall–Kier alpha value is -7.20. The van der Waals surface area contributed by atoms with Crippen LogP contribution in [0.3, 0.4) is 0 Å². The lowest BCUT2D eigenvalue weighted by atomic mass is 9.91. The second kappa shape index (κ2) is 22.0. The second-order valence-electron chi connectivity index (χ2n) is 21.8. The summed E-state index contributed by atoms with van der Waals surface area (Å²) in [5.41, 5.74) is 5.84. The van der Waals surface area contributed by atoms with E-state index in [0.29, 0.717) is 70.5 Å². The number of thiazole rings is 1. The molecular weight excluding hydrogens is 998 g/mol. The number of hydrogen-bond acceptors (Lipinski definition) is 15. The highest BCUT2D eigenvalue weighted by atomic mass is 32.1. The Bertz CT molecular complexity index is 3340. The van der Waals surface area contributed by atoms with Crippen LogP contribution in [0.2, 0.25) is 0 Å². The van der Waals surface area contributed by atoms with Crippen LogP contribution in [0.4, 0.5) is 10.2 Å². The summed E-state index contributed by atoms with van der Waals surface area (Å²) in [6, 6.07) is 17.1. The van der Waals surface area contributed by atoms with Crippen LogP contribution in [-0.2, 0) is 9.59 Å². The second-order valence-corrected chi connectivity index (χ2v) is 22.6. The molecule has 3 aromatic carbocycles. The third-order valence-corrected chi connectivity index (χ3v) is 17.1. The zero-order valence-corrected chi connectivity index (χ0v) is 44.6. The summed E-state index contributed by atoms with van der Waals surface area (Å²) in [5.74, 6) is 3.03. The fourth-order valence-electron chi connectivity index (χ4n) is 12.1. The van der Waals surface area contributed by atoms with E-state index in [2.05, 4.69) is 41.1 Å². The first-order valence-corrected chi connectivity index (χ1v) is 27.7. The summed E-state index contributed by atoms with van der Waals surface area (Å²) in [7, 11) is 0. The van der Waals surface area contributed by atoms with E-state index < -0.39 is 23.9 Å². The molecule has 0 spiro atoms. The number of likely N-dealkylation sites (tertiary alicyclic amines) is 2. The number of aromatic nitrogens is 5. The first kappa shape index (κ1) is 51.9. The van der Waals surface area contributed by atoms with Gasteiger partial charge in [0.2, 0.25) is 11.8 Å². The van der Waals surface area contributed by atoms with E-state index in [0.717, 1.165) is 60.7 Å². The number of fused-ring (bicyclic) bond motifs is 4. The van der Waals surface area contributed by atoms with Crippen molar-refractivity contribution in [3.05, 3.63) is 101 Å². The largest absolute Gasteiger partial charge is 0.508 e. The predicted molar refractivity (Wildman–Crippen MR) is 292 cm³/mol. The third-order valence-electron chi connectivity index (χ3n) is 16.1. The number of amides is 2. The number of anilines is 1. The quantitative estimate of drug-likeness (QED) is 0.0777. The number of aliphatic hydroxyl groups excluding tert-OH is 1. The van der Waals surface area contributed by atoms with Gasteiger partial charge in [0, 0.05) is 61.4 Å². The minimum Gasteiger partial charge on any atom is -0.508 e. The number of rotatable bonds is 16. The number of hydrogen-bond donors (Lipinski definition) is 3. The van der Waals surface area contributed by atoms with E-state index in [9.17, 15) is 19.8 Å². The molecule has 400 valence electrons. The van der Waals surface area contributed by atoms with E-state index in [1.165, 1.54) is 30.2 Å². The van der Waals surface area contributed by atoms with Crippen LogP contribution >= 0.6 is 11.3 Å². The topological polar surface area (TPSA) is 192 Å². The maximum Gasteiger partial charge on any atom is 0.319 e. The highest BCUT2D eigenvalue weighted by molar-refractivity contribution is 7.13. The Morgan fingerprint density at radius 3 is 2.48 bits per heavy atom. The van der Waals surface area contributed by atoms with E-state index in [1.807, 2.05) is 63.5 Å². The van der Waals surface area contributed by atoms with E-state index in [1.54, 1.807) is 41.8 Å². The Morgan fingerprint density at radius 1 is 0.974 bits per heavy atom. The molecule has 18 heteroatoms. The van der Waals surface area contributed by atoms with Crippen molar-refractivity contribution in [1.29, 1.82) is 0 Å². The molecule has 3 saturated heterocycles. The number of nitrogens with zero attached hydrogens (tertiary/aromatic N) is 8. The molecule has 1 saturated carbocycles. The molecule has 4 fully saturated rings. The van der Waals surface area contributed by atoms with Gasteiger partial charge in [-0.15, -0.1) is 17.8 Å². The Labute approximate surface area is 451 Å². The summed E-state index contributed by atoms with van der Waals surface area (Å²) < 4.78 is 35.3. The number of nitrogens with one attached hydrogen (secondary N) is 1. The van der Waals surface area contributed by atoms with Gasteiger partial charge < -0.3 is 39.3 Å². The van der Waals surface area contributed by atoms with Crippen LogP contribution in [0.15, 0.2) is 76.9 Å². The molecule has 2 bridgehead atoms. The number of terminal acetylenes is 1. The van der Waals surface area contributed by atoms with Crippen molar-refractivity contribution >= 4 is 50.6 Å². The number of halogens is 1. The van der Waals surface area contributed by atoms with Crippen molar-refractivity contribution in [2.75, 3.05) is 57.4 Å². The van der Waals surface area contributed by atoms with Gasteiger partial charge >= 0.3 is 6.01 Å². The van der Waals surface area contributed by atoms with Gasteiger partial charge in [-0.05, 0) is 123 Å². The number of phenols is 1.